The number of carbonyl (C=O) groups is 2. The largest absolute Gasteiger partial charge is 0.481 e. The van der Waals surface area contributed by atoms with E-state index in [2.05, 4.69) is 6.58 Å². The number of aldehydes is 1. The number of aliphatic carboxylic acids is 1. The Morgan fingerprint density at radius 3 is 2.64 bits per heavy atom. The van der Waals surface area contributed by atoms with Gasteiger partial charge >= 0.3 is 5.97 Å². The number of carbonyl (C=O) groups excluding carboxylic acids is 1. The van der Waals surface area contributed by atoms with Crippen LogP contribution in [0.5, 0.6) is 0 Å². The quantitative estimate of drug-likeness (QED) is 0.536. The molecule has 5 heteroatoms. The van der Waals surface area contributed by atoms with Gasteiger partial charge in [-0.3, -0.25) is 4.79 Å². The fourth-order valence-electron chi connectivity index (χ4n) is 7.90. The maximum atomic E-state index is 12.5. The lowest BCUT2D eigenvalue weighted by atomic mass is 9.52. The summed E-state index contributed by atoms with van der Waals surface area (Å²) >= 11 is 0. The van der Waals surface area contributed by atoms with E-state index in [4.69, 9.17) is 0 Å². The van der Waals surface area contributed by atoms with Crippen molar-refractivity contribution in [2.45, 2.75) is 51.6 Å². The zero-order chi connectivity index (χ0) is 18.2. The van der Waals surface area contributed by atoms with Crippen molar-refractivity contribution in [2.24, 2.45) is 39.9 Å². The first-order valence-corrected chi connectivity index (χ1v) is 9.40. The van der Waals surface area contributed by atoms with Crippen LogP contribution in [0, 0.1) is 39.9 Å². The van der Waals surface area contributed by atoms with Crippen LogP contribution in [0.25, 0.3) is 0 Å². The van der Waals surface area contributed by atoms with Gasteiger partial charge < -0.3 is 20.1 Å². The number of allylic oxidation sites excluding steroid dienone is 1. The van der Waals surface area contributed by atoms with Gasteiger partial charge in [0, 0.05) is 17.4 Å². The number of carboxylic acids is 1. The van der Waals surface area contributed by atoms with Gasteiger partial charge in [0.05, 0.1) is 12.0 Å². The van der Waals surface area contributed by atoms with Crippen LogP contribution < -0.4 is 0 Å². The van der Waals surface area contributed by atoms with Crippen molar-refractivity contribution in [3.8, 4) is 0 Å². The van der Waals surface area contributed by atoms with Crippen molar-refractivity contribution >= 4 is 12.3 Å². The molecule has 4 saturated carbocycles. The highest BCUT2D eigenvalue weighted by Gasteiger charge is 2.76. The lowest BCUT2D eigenvalue weighted by Gasteiger charge is -2.52. The summed E-state index contributed by atoms with van der Waals surface area (Å²) in [6.07, 6.45) is 4.15. The average molecular weight is 348 g/mol. The fourth-order valence-corrected chi connectivity index (χ4v) is 7.90. The summed E-state index contributed by atoms with van der Waals surface area (Å²) < 4.78 is 0. The first-order chi connectivity index (χ1) is 11.7. The second-order valence-corrected chi connectivity index (χ2v) is 9.47. The van der Waals surface area contributed by atoms with Crippen molar-refractivity contribution in [1.82, 2.24) is 0 Å². The van der Waals surface area contributed by atoms with Crippen molar-refractivity contribution in [3.05, 3.63) is 12.2 Å². The lowest BCUT2D eigenvalue weighted by Crippen LogP contribution is -2.54. The predicted molar refractivity (Wildman–Crippen MR) is 90.6 cm³/mol. The van der Waals surface area contributed by atoms with Crippen LogP contribution in [-0.2, 0) is 9.59 Å². The maximum Gasteiger partial charge on any atom is 0.307 e. The number of hydrogen-bond donors (Lipinski definition) is 3. The molecule has 0 saturated heterocycles. The molecule has 4 aliphatic rings. The van der Waals surface area contributed by atoms with Gasteiger partial charge in [-0.2, -0.15) is 0 Å². The van der Waals surface area contributed by atoms with E-state index in [1.54, 1.807) is 6.92 Å². The monoisotopic (exact) mass is 348 g/mol. The van der Waals surface area contributed by atoms with Crippen molar-refractivity contribution in [2.75, 3.05) is 6.61 Å². The van der Waals surface area contributed by atoms with Gasteiger partial charge in [0.15, 0.2) is 0 Å². The van der Waals surface area contributed by atoms with Crippen LogP contribution in [0.2, 0.25) is 0 Å². The number of fused-ring (bicyclic) bond motifs is 3. The van der Waals surface area contributed by atoms with Gasteiger partial charge in [0.2, 0.25) is 0 Å². The van der Waals surface area contributed by atoms with Gasteiger partial charge in [-0.1, -0.05) is 19.1 Å². The minimum atomic E-state index is -0.922. The molecule has 5 nitrogen and oxygen atoms in total. The van der Waals surface area contributed by atoms with Gasteiger partial charge in [0.25, 0.3) is 0 Å². The molecule has 1 spiro atoms. The molecule has 0 aromatic rings. The number of aliphatic hydroxyl groups is 2. The molecule has 0 aliphatic heterocycles. The highest BCUT2D eigenvalue weighted by atomic mass is 16.4. The number of rotatable bonds is 3. The van der Waals surface area contributed by atoms with E-state index in [0.717, 1.165) is 31.1 Å². The molecule has 8 atom stereocenters. The van der Waals surface area contributed by atoms with Crippen molar-refractivity contribution in [1.29, 1.82) is 0 Å². The van der Waals surface area contributed by atoms with Crippen molar-refractivity contribution < 1.29 is 24.9 Å². The number of hydrogen-bond acceptors (Lipinski definition) is 4. The normalized spacial score (nSPS) is 54.0. The molecule has 0 unspecified atom stereocenters. The molecule has 2 bridgehead atoms. The minimum Gasteiger partial charge on any atom is -0.481 e. The molecule has 0 heterocycles. The highest BCUT2D eigenvalue weighted by Crippen LogP contribution is 2.77. The topological polar surface area (TPSA) is 94.8 Å². The molecule has 3 N–H and O–H groups in total. The second-order valence-electron chi connectivity index (χ2n) is 9.47. The Morgan fingerprint density at radius 2 is 2.04 bits per heavy atom. The third kappa shape index (κ3) is 1.91. The summed E-state index contributed by atoms with van der Waals surface area (Å²) in [7, 11) is 0. The second kappa shape index (κ2) is 5.17. The summed E-state index contributed by atoms with van der Waals surface area (Å²) in [4.78, 5) is 24.5. The molecule has 4 fully saturated rings. The molecule has 0 aromatic heterocycles. The Labute approximate surface area is 148 Å². The fraction of sp³-hybridized carbons (Fsp3) is 0.800. The first kappa shape index (κ1) is 17.2. The Hall–Kier alpha value is -1.20. The van der Waals surface area contributed by atoms with Crippen LogP contribution >= 0.6 is 0 Å². The first-order valence-electron chi connectivity index (χ1n) is 9.40. The standard InChI is InChI=1S/C20H28O5/c1-11-5-19-6-12(11)3-4-14(19)20(10-22)8-13(23)7-18(2,9-21)16(20)15(19)17(24)25/h9,12-16,22-23H,1,3-8,10H2,2H3,(H,24,25)/t12-,13-,14-,15-,16-,18+,19+,20-/m1/s1. The molecular formula is C20H28O5. The van der Waals surface area contributed by atoms with Crippen LogP contribution in [0.4, 0.5) is 0 Å². The summed E-state index contributed by atoms with van der Waals surface area (Å²) in [6, 6.07) is 0. The summed E-state index contributed by atoms with van der Waals surface area (Å²) in [6.45, 7) is 5.83. The van der Waals surface area contributed by atoms with E-state index in [-0.39, 0.29) is 18.9 Å². The lowest BCUT2D eigenvalue weighted by molar-refractivity contribution is -0.159. The maximum absolute atomic E-state index is 12.5. The third-order valence-corrected chi connectivity index (χ3v) is 8.36. The zero-order valence-corrected chi connectivity index (χ0v) is 14.8. The van der Waals surface area contributed by atoms with Crippen LogP contribution in [0.15, 0.2) is 12.2 Å². The van der Waals surface area contributed by atoms with Gasteiger partial charge in [-0.15, -0.1) is 0 Å². The van der Waals surface area contributed by atoms with Crippen LogP contribution in [0.3, 0.4) is 0 Å². The molecule has 4 aliphatic carbocycles. The van der Waals surface area contributed by atoms with Gasteiger partial charge in [-0.25, -0.2) is 0 Å². The Bertz CT molecular complexity index is 644. The van der Waals surface area contributed by atoms with E-state index < -0.39 is 40.2 Å². The molecule has 0 amide bonds. The van der Waals surface area contributed by atoms with Gasteiger partial charge in [0.1, 0.15) is 6.29 Å². The van der Waals surface area contributed by atoms with Crippen LogP contribution in [-0.4, -0.2) is 40.3 Å². The summed E-state index contributed by atoms with van der Waals surface area (Å²) in [5, 5.41) is 31.2. The van der Waals surface area contributed by atoms with E-state index in [1.807, 2.05) is 0 Å². The number of carboxylic acid groups (broad SMARTS) is 1. The van der Waals surface area contributed by atoms with Crippen LogP contribution in [0.1, 0.15) is 45.4 Å². The molecule has 25 heavy (non-hydrogen) atoms. The van der Waals surface area contributed by atoms with Gasteiger partial charge in [-0.05, 0) is 61.7 Å². The van der Waals surface area contributed by atoms with Crippen molar-refractivity contribution in [3.63, 3.8) is 0 Å². The zero-order valence-electron chi connectivity index (χ0n) is 14.8. The molecule has 4 rings (SSSR count). The summed E-state index contributed by atoms with van der Waals surface area (Å²) in [5.74, 6) is -1.56. The van der Waals surface area contributed by atoms with E-state index in [9.17, 15) is 24.9 Å². The van der Waals surface area contributed by atoms with E-state index >= 15 is 0 Å². The summed E-state index contributed by atoms with van der Waals surface area (Å²) in [5.41, 5.74) is -0.900. The highest BCUT2D eigenvalue weighted by molar-refractivity contribution is 5.75. The molecule has 0 radical (unpaired) electrons. The van der Waals surface area contributed by atoms with E-state index in [1.165, 1.54) is 0 Å². The average Bonchev–Trinajstić information content (AvgIpc) is 2.96. The smallest absolute Gasteiger partial charge is 0.307 e. The Balaban J connectivity index is 1.95. The third-order valence-electron chi connectivity index (χ3n) is 8.36. The molecule has 0 aromatic carbocycles. The number of aliphatic hydroxyl groups excluding tert-OH is 2. The minimum absolute atomic E-state index is 0.0285. The Morgan fingerprint density at radius 1 is 1.32 bits per heavy atom. The molecular weight excluding hydrogens is 320 g/mol. The Kier molecular flexibility index (Phi) is 3.56. The SMILES string of the molecule is C=C1C[C@]23C[C@H]1CC[C@H]2[C@]1(CO)C[C@H](O)C[C@@](C)(C=O)[C@H]1[C@@H]3C(=O)O. The molecule has 138 valence electrons. The van der Waals surface area contributed by atoms with E-state index in [0.29, 0.717) is 18.8 Å². The predicted octanol–water partition coefficient (Wildman–Crippen LogP) is 2.02.